The number of nitrogen functional groups attached to an aromatic ring is 1. The summed E-state index contributed by atoms with van der Waals surface area (Å²) in [5.41, 5.74) is 11.3. The van der Waals surface area contributed by atoms with Gasteiger partial charge in [0.15, 0.2) is 0 Å². The van der Waals surface area contributed by atoms with E-state index in [9.17, 15) is 0 Å². The van der Waals surface area contributed by atoms with E-state index in [0.29, 0.717) is 35.6 Å². The van der Waals surface area contributed by atoms with E-state index in [1.807, 2.05) is 45.4 Å². The topological polar surface area (TPSA) is 109 Å². The molecule has 3 heterocycles. The zero-order valence-corrected chi connectivity index (χ0v) is 21.9. The summed E-state index contributed by atoms with van der Waals surface area (Å²) in [7, 11) is 7.74. The number of nitrogens with two attached hydrogens (primary N) is 1. The molecule has 10 heteroatoms. The average Bonchev–Trinajstić information content (AvgIpc) is 3.13. The second-order valence-electron chi connectivity index (χ2n) is 9.85. The van der Waals surface area contributed by atoms with E-state index in [1.165, 1.54) is 6.33 Å². The quantitative estimate of drug-likeness (QED) is 0.432. The Morgan fingerprint density at radius 2 is 1.94 bits per heavy atom. The van der Waals surface area contributed by atoms with Crippen molar-refractivity contribution in [1.29, 1.82) is 0 Å². The zero-order chi connectivity index (χ0) is 26.0. The van der Waals surface area contributed by atoms with Crippen molar-refractivity contribution >= 4 is 40.7 Å². The molecule has 190 valence electrons. The predicted molar refractivity (Wildman–Crippen MR) is 147 cm³/mol. The maximum atomic E-state index is 6.42. The molecule has 1 aromatic carbocycles. The molecule has 0 unspecified atom stereocenters. The van der Waals surface area contributed by atoms with Crippen molar-refractivity contribution in [2.45, 2.75) is 19.3 Å². The van der Waals surface area contributed by atoms with Crippen molar-refractivity contribution in [3.8, 4) is 5.75 Å². The summed E-state index contributed by atoms with van der Waals surface area (Å²) in [6, 6.07) is 7.77. The normalized spacial score (nSPS) is 14.0. The minimum absolute atomic E-state index is 0.166. The van der Waals surface area contributed by atoms with E-state index < -0.39 is 0 Å². The number of hydrogen-bond acceptors (Lipinski definition) is 10. The molecule has 0 amide bonds. The van der Waals surface area contributed by atoms with Gasteiger partial charge in [0.1, 0.15) is 12.1 Å². The Balaban J connectivity index is 1.61. The second-order valence-corrected chi connectivity index (χ2v) is 9.85. The first-order chi connectivity index (χ1) is 17.1. The van der Waals surface area contributed by atoms with Gasteiger partial charge in [-0.15, -0.1) is 0 Å². The third-order valence-electron chi connectivity index (χ3n) is 6.28. The average molecular weight is 490 g/mol. The van der Waals surface area contributed by atoms with Gasteiger partial charge in [-0.1, -0.05) is 20.4 Å². The number of pyridine rings is 1. The lowest BCUT2D eigenvalue weighted by Crippen LogP contribution is -2.29. The second kappa shape index (κ2) is 9.98. The van der Waals surface area contributed by atoms with Gasteiger partial charge in [-0.25, -0.2) is 9.97 Å². The first kappa shape index (κ1) is 25.2. The van der Waals surface area contributed by atoms with E-state index in [4.69, 9.17) is 20.4 Å². The fourth-order valence-electron chi connectivity index (χ4n) is 4.28. The van der Waals surface area contributed by atoms with Gasteiger partial charge in [0, 0.05) is 38.2 Å². The number of nitrogens with one attached hydrogen (secondary N) is 1. The van der Waals surface area contributed by atoms with Gasteiger partial charge < -0.3 is 30.5 Å². The molecule has 4 rings (SSSR count). The Morgan fingerprint density at radius 3 is 2.64 bits per heavy atom. The molecular weight excluding hydrogens is 454 g/mol. The largest absolute Gasteiger partial charge is 0.494 e. The predicted octanol–water partition coefficient (Wildman–Crippen LogP) is 3.67. The smallest absolute Gasteiger partial charge is 0.234 e. The third-order valence-corrected chi connectivity index (χ3v) is 6.28. The van der Waals surface area contributed by atoms with Crippen molar-refractivity contribution in [2.75, 3.05) is 68.7 Å². The number of anilines is 6. The van der Waals surface area contributed by atoms with Crippen molar-refractivity contribution in [3.05, 3.63) is 48.6 Å². The Bertz CT molecular complexity index is 1260. The van der Waals surface area contributed by atoms with E-state index in [1.54, 1.807) is 13.2 Å². The molecular formula is C26H35N9O. The lowest BCUT2D eigenvalue weighted by molar-refractivity contribution is 0.413. The van der Waals surface area contributed by atoms with Gasteiger partial charge in [-0.2, -0.15) is 4.98 Å². The van der Waals surface area contributed by atoms with Crippen LogP contribution in [0, 0.1) is 0 Å². The van der Waals surface area contributed by atoms with Crippen LogP contribution in [0.2, 0.25) is 0 Å². The Hall–Kier alpha value is -3.92. The summed E-state index contributed by atoms with van der Waals surface area (Å²) in [6.07, 6.45) is 3.26. The lowest BCUT2D eigenvalue weighted by atomic mass is 9.91. The number of ether oxygens (including phenoxy) is 1. The molecule has 10 nitrogen and oxygen atoms in total. The van der Waals surface area contributed by atoms with Crippen molar-refractivity contribution in [2.24, 2.45) is 0 Å². The van der Waals surface area contributed by atoms with Crippen LogP contribution in [0.4, 0.5) is 34.6 Å². The highest BCUT2D eigenvalue weighted by molar-refractivity contribution is 5.79. The van der Waals surface area contributed by atoms with Gasteiger partial charge in [0.25, 0.3) is 0 Å². The van der Waals surface area contributed by atoms with Gasteiger partial charge >= 0.3 is 0 Å². The standard InChI is InChI=1S/C26H35N9O/c1-8-17-9-10-20-23(30-17)26(2,3)15-35(20)25-29-16-28-24(32-25)31-19-13-18(27)21(14-22(19)36-7)34(6)12-11-33(4)5/h8-10,13-14,16H,1,11-12,15,27H2,2-7H3,(H,28,29,31,32). The summed E-state index contributed by atoms with van der Waals surface area (Å²) < 4.78 is 5.66. The molecule has 0 bridgehead atoms. The molecule has 0 saturated heterocycles. The lowest BCUT2D eigenvalue weighted by Gasteiger charge is -2.24. The Morgan fingerprint density at radius 1 is 1.17 bits per heavy atom. The fourth-order valence-corrected chi connectivity index (χ4v) is 4.28. The SMILES string of the molecule is C=Cc1ccc2c(n1)C(C)(C)CN2c1ncnc(Nc2cc(N)c(N(C)CCN(C)C)cc2OC)n1. The number of benzene rings is 1. The maximum Gasteiger partial charge on any atom is 0.234 e. The molecule has 0 saturated carbocycles. The van der Waals surface area contributed by atoms with Crippen LogP contribution in [-0.2, 0) is 5.41 Å². The summed E-state index contributed by atoms with van der Waals surface area (Å²) in [5, 5.41) is 3.26. The summed E-state index contributed by atoms with van der Waals surface area (Å²) in [6.45, 7) is 10.6. The van der Waals surface area contributed by atoms with Gasteiger partial charge in [-0.3, -0.25) is 4.98 Å². The Labute approximate surface area is 212 Å². The summed E-state index contributed by atoms with van der Waals surface area (Å²) in [5.74, 6) is 1.58. The van der Waals surface area contributed by atoms with Gasteiger partial charge in [0.05, 0.1) is 41.2 Å². The highest BCUT2D eigenvalue weighted by Crippen LogP contribution is 2.42. The van der Waals surface area contributed by atoms with Crippen molar-refractivity contribution < 1.29 is 4.74 Å². The highest BCUT2D eigenvalue weighted by Gasteiger charge is 2.38. The molecule has 0 atom stereocenters. The molecule has 1 aliphatic rings. The van der Waals surface area contributed by atoms with Crippen LogP contribution in [0.1, 0.15) is 25.2 Å². The summed E-state index contributed by atoms with van der Waals surface area (Å²) >= 11 is 0. The zero-order valence-electron chi connectivity index (χ0n) is 21.9. The first-order valence-corrected chi connectivity index (χ1v) is 11.8. The monoisotopic (exact) mass is 489 g/mol. The molecule has 0 spiro atoms. The van der Waals surface area contributed by atoms with Crippen LogP contribution in [0.3, 0.4) is 0 Å². The van der Waals surface area contributed by atoms with Crippen LogP contribution in [0.15, 0.2) is 37.2 Å². The molecule has 0 radical (unpaired) electrons. The number of methoxy groups -OCH3 is 1. The molecule has 3 N–H and O–H groups in total. The molecule has 3 aromatic rings. The van der Waals surface area contributed by atoms with E-state index in [2.05, 4.69) is 50.4 Å². The highest BCUT2D eigenvalue weighted by atomic mass is 16.5. The Kier molecular flexibility index (Phi) is 6.98. The van der Waals surface area contributed by atoms with Gasteiger partial charge in [-0.05, 0) is 38.4 Å². The van der Waals surface area contributed by atoms with Crippen molar-refractivity contribution in [3.63, 3.8) is 0 Å². The number of fused-ring (bicyclic) bond motifs is 1. The minimum atomic E-state index is -0.166. The van der Waals surface area contributed by atoms with Crippen molar-refractivity contribution in [1.82, 2.24) is 24.8 Å². The van der Waals surface area contributed by atoms with E-state index in [0.717, 1.165) is 35.9 Å². The molecule has 0 fully saturated rings. The number of hydrogen-bond donors (Lipinski definition) is 2. The van der Waals surface area contributed by atoms with Crippen LogP contribution in [0.25, 0.3) is 6.08 Å². The fraction of sp³-hybridized carbons (Fsp3) is 0.385. The number of likely N-dealkylation sites (N-methyl/N-ethyl adjacent to an activating group) is 2. The number of aromatic nitrogens is 4. The molecule has 0 aliphatic carbocycles. The molecule has 36 heavy (non-hydrogen) atoms. The maximum absolute atomic E-state index is 6.42. The van der Waals surface area contributed by atoms with Crippen LogP contribution < -0.4 is 25.6 Å². The van der Waals surface area contributed by atoms with Crippen LogP contribution >= 0.6 is 0 Å². The third kappa shape index (κ3) is 5.03. The van der Waals surface area contributed by atoms with Crippen LogP contribution in [0.5, 0.6) is 5.75 Å². The summed E-state index contributed by atoms with van der Waals surface area (Å²) in [4.78, 5) is 24.6. The van der Waals surface area contributed by atoms with E-state index in [-0.39, 0.29) is 5.41 Å². The van der Waals surface area contributed by atoms with Gasteiger partial charge in [0.2, 0.25) is 11.9 Å². The minimum Gasteiger partial charge on any atom is -0.494 e. The molecule has 2 aromatic heterocycles. The number of nitrogens with zero attached hydrogens (tertiary/aromatic N) is 7. The number of rotatable bonds is 9. The first-order valence-electron chi connectivity index (χ1n) is 11.8. The molecule has 1 aliphatic heterocycles. The van der Waals surface area contributed by atoms with Crippen LogP contribution in [-0.4, -0.2) is 72.7 Å². The van der Waals surface area contributed by atoms with E-state index >= 15 is 0 Å².